The molecule has 11 nitrogen and oxygen atoms in total. The number of hydrogen-bond donors (Lipinski definition) is 6. The van der Waals surface area contributed by atoms with Crippen LogP contribution in [0, 0.1) is 5.92 Å². The number of aliphatic hydroxyl groups is 2. The molecule has 2 aromatic heterocycles. The molecule has 6 N–H and O–H groups in total. The quantitative estimate of drug-likeness (QED) is 0.0525. The molecule has 276 valence electrons. The van der Waals surface area contributed by atoms with Gasteiger partial charge in [-0.3, -0.25) is 9.59 Å². The number of anilines is 1. The molecule has 3 atom stereocenters. The number of thioether (sulfide) groups is 1. The lowest BCUT2D eigenvalue weighted by Gasteiger charge is -2.35. The second-order valence-corrected chi connectivity index (χ2v) is 15.4. The smallest absolute Gasteiger partial charge is 0.349 e. The molecule has 0 aliphatic heterocycles. The lowest BCUT2D eigenvalue weighted by Crippen LogP contribution is -2.42. The number of allylic oxidation sites excluding steroid dienone is 2. The summed E-state index contributed by atoms with van der Waals surface area (Å²) in [6.45, 7) is 4.55. The number of nitrogens with one attached hydrogen (secondary N) is 3. The lowest BCUT2D eigenvalue weighted by molar-refractivity contribution is -0.171. The Bertz CT molecular complexity index is 1950. The molecule has 3 unspecified atom stereocenters. The number of nitrogens with zero attached hydrogens (tertiary/aromatic N) is 1. The van der Waals surface area contributed by atoms with Gasteiger partial charge in [-0.2, -0.15) is 0 Å². The number of aliphatic hydroxyl groups excluding tert-OH is 1. The van der Waals surface area contributed by atoms with E-state index in [4.69, 9.17) is 4.74 Å². The number of benzene rings is 2. The van der Waals surface area contributed by atoms with Crippen molar-refractivity contribution < 1.29 is 29.6 Å². The van der Waals surface area contributed by atoms with Gasteiger partial charge in [0.2, 0.25) is 11.5 Å². The van der Waals surface area contributed by atoms with Crippen molar-refractivity contribution >= 4 is 62.2 Å². The second kappa shape index (κ2) is 18.0. The number of carbonyl (C=O) groups excluding carboxylic acids is 2. The number of fused-ring (bicyclic) bond motifs is 1. The molecule has 1 amide bonds. The first-order valence-electron chi connectivity index (χ1n) is 16.9. The molecule has 52 heavy (non-hydrogen) atoms. The van der Waals surface area contributed by atoms with E-state index in [1.165, 1.54) is 29.2 Å². The first kappa shape index (κ1) is 39.0. The van der Waals surface area contributed by atoms with Crippen molar-refractivity contribution in [3.8, 4) is 5.75 Å². The predicted octanol–water partition coefficient (Wildman–Crippen LogP) is 5.99. The third-order valence-electron chi connectivity index (χ3n) is 8.93. The van der Waals surface area contributed by atoms with Crippen molar-refractivity contribution in [1.29, 1.82) is 0 Å². The fourth-order valence-electron chi connectivity index (χ4n) is 5.95. The van der Waals surface area contributed by atoms with Gasteiger partial charge >= 0.3 is 10.8 Å². The molecule has 0 spiro atoms. The molecule has 5 rings (SSSR count). The van der Waals surface area contributed by atoms with Crippen LogP contribution in [0.1, 0.15) is 47.8 Å². The first-order valence-corrected chi connectivity index (χ1v) is 19.8. The zero-order chi connectivity index (χ0) is 37.3. The number of thiophene rings is 1. The van der Waals surface area contributed by atoms with E-state index in [1.807, 2.05) is 35.7 Å². The average Bonchev–Trinajstić information content (AvgIpc) is 3.78. The van der Waals surface area contributed by atoms with Gasteiger partial charge in [0.15, 0.2) is 0 Å². The van der Waals surface area contributed by atoms with Gasteiger partial charge in [-0.25, -0.2) is 4.79 Å². The Morgan fingerprint density at radius 3 is 2.63 bits per heavy atom. The zero-order valence-electron chi connectivity index (χ0n) is 29.0. The number of phenolic OH excluding ortho intramolecular Hbond substituents is 1. The van der Waals surface area contributed by atoms with E-state index in [-0.39, 0.29) is 35.5 Å². The molecular formula is C38H44N4O7S3. The molecule has 14 heteroatoms. The Morgan fingerprint density at radius 1 is 1.21 bits per heavy atom. The van der Waals surface area contributed by atoms with Gasteiger partial charge < -0.3 is 40.6 Å². The molecule has 2 heterocycles. The summed E-state index contributed by atoms with van der Waals surface area (Å²) in [6.07, 6.45) is 10.8. The zero-order valence-corrected chi connectivity index (χ0v) is 31.5. The highest BCUT2D eigenvalue weighted by Crippen LogP contribution is 2.41. The van der Waals surface area contributed by atoms with E-state index < -0.39 is 23.8 Å². The number of carbonyl (C=O) groups is 2. The van der Waals surface area contributed by atoms with Gasteiger partial charge in [-0.1, -0.05) is 60.8 Å². The number of H-pyrrole nitrogens is 1. The van der Waals surface area contributed by atoms with Crippen LogP contribution in [0.5, 0.6) is 5.75 Å². The molecule has 4 aromatic rings. The number of thiazole rings is 1. The fourth-order valence-corrected chi connectivity index (χ4v) is 8.48. The fraction of sp³-hybridized carbons (Fsp3) is 0.342. The van der Waals surface area contributed by atoms with Crippen LogP contribution in [-0.2, 0) is 26.5 Å². The molecule has 1 aliphatic rings. The summed E-state index contributed by atoms with van der Waals surface area (Å²) in [7, 11) is 1.80. The Morgan fingerprint density at radius 2 is 1.98 bits per heavy atom. The Balaban J connectivity index is 1.09. The summed E-state index contributed by atoms with van der Waals surface area (Å²) >= 11 is 3.52. The molecule has 0 bridgehead atoms. The number of ether oxygens (including phenoxy) is 1. The van der Waals surface area contributed by atoms with E-state index in [9.17, 15) is 29.7 Å². The van der Waals surface area contributed by atoms with E-state index >= 15 is 0 Å². The molecule has 1 saturated carbocycles. The minimum Gasteiger partial charge on any atom is -0.506 e. The number of aromatic hydroxyl groups is 1. The van der Waals surface area contributed by atoms with Crippen LogP contribution in [0.25, 0.3) is 10.2 Å². The minimum absolute atomic E-state index is 0.0382. The van der Waals surface area contributed by atoms with Crippen molar-refractivity contribution in [3.05, 3.63) is 115 Å². The van der Waals surface area contributed by atoms with Gasteiger partial charge in [0.1, 0.15) is 17.4 Å². The number of rotatable bonds is 18. The molecule has 1 aliphatic carbocycles. The number of aromatic nitrogens is 1. The van der Waals surface area contributed by atoms with Crippen LogP contribution < -0.4 is 15.5 Å². The third kappa shape index (κ3) is 9.43. The van der Waals surface area contributed by atoms with Crippen LogP contribution in [0.15, 0.2) is 94.6 Å². The number of likely N-dealkylation sites (N-methyl/N-ethyl adjacent to an activating group) is 1. The number of aromatic amines is 1. The Kier molecular flexibility index (Phi) is 13.5. The summed E-state index contributed by atoms with van der Waals surface area (Å²) in [6, 6.07) is 14.0. The van der Waals surface area contributed by atoms with Crippen molar-refractivity contribution in [2.24, 2.45) is 5.92 Å². The molecule has 1 fully saturated rings. The van der Waals surface area contributed by atoms with Crippen LogP contribution >= 0.6 is 34.4 Å². The number of hydrogen-bond acceptors (Lipinski definition) is 12. The van der Waals surface area contributed by atoms with Crippen molar-refractivity contribution in [2.45, 2.75) is 50.0 Å². The second-order valence-electron chi connectivity index (χ2n) is 12.6. The van der Waals surface area contributed by atoms with E-state index in [0.29, 0.717) is 44.2 Å². The number of esters is 1. The van der Waals surface area contributed by atoms with Gasteiger partial charge in [-0.05, 0) is 72.5 Å². The summed E-state index contributed by atoms with van der Waals surface area (Å²) in [5.41, 5.74) is 0.553. The summed E-state index contributed by atoms with van der Waals surface area (Å²) < 4.78 is 6.57. The van der Waals surface area contributed by atoms with Crippen molar-refractivity contribution in [3.63, 3.8) is 0 Å². The van der Waals surface area contributed by atoms with Crippen LogP contribution in [0.3, 0.4) is 0 Å². The van der Waals surface area contributed by atoms with Gasteiger partial charge in [0.05, 0.1) is 22.2 Å². The van der Waals surface area contributed by atoms with Gasteiger partial charge in [0, 0.05) is 42.7 Å². The van der Waals surface area contributed by atoms with Crippen LogP contribution in [0.4, 0.5) is 5.69 Å². The van der Waals surface area contributed by atoms with E-state index in [2.05, 4.69) is 22.2 Å². The molecule has 2 aromatic carbocycles. The largest absolute Gasteiger partial charge is 0.506 e. The van der Waals surface area contributed by atoms with E-state index in [0.717, 1.165) is 36.2 Å². The Labute approximate surface area is 314 Å². The lowest BCUT2D eigenvalue weighted by atomic mass is 9.80. The number of amides is 1. The third-order valence-corrected chi connectivity index (χ3v) is 11.7. The average molecular weight is 765 g/mol. The van der Waals surface area contributed by atoms with E-state index in [1.54, 1.807) is 54.8 Å². The maximum atomic E-state index is 13.6. The highest BCUT2D eigenvalue weighted by Gasteiger charge is 2.46. The van der Waals surface area contributed by atoms with Crippen molar-refractivity contribution in [1.82, 2.24) is 15.2 Å². The monoisotopic (exact) mass is 764 g/mol. The standard InChI is InChI=1S/C38H44N4O7S3/c1-4-8-31(50-3)38(48,32-12-7-20-51-32)36(46)49-30(25-9-5-10-25)11-6-19-42(2)23-33(45)40-26-15-13-24(14-16-26)21-39-22-29(44)27-17-18-28(43)34-35(27)52-37(47)41-34/h4,6-8,12-20,25,29-30,39,43-44,48H,1,5,9-11,21-23H2,2-3H3,(H,40,45)(H,41,47)/b19-6+,31-8-. The molecular weight excluding hydrogens is 721 g/mol. The summed E-state index contributed by atoms with van der Waals surface area (Å²) in [5.74, 6) is -0.746. The number of phenols is 1. The minimum atomic E-state index is -1.92. The maximum Gasteiger partial charge on any atom is 0.349 e. The summed E-state index contributed by atoms with van der Waals surface area (Å²) in [5, 5.41) is 40.4. The highest BCUT2D eigenvalue weighted by molar-refractivity contribution is 8.02. The Hall–Kier alpha value is -4.18. The van der Waals surface area contributed by atoms with Crippen molar-refractivity contribution in [2.75, 3.05) is 31.7 Å². The molecule has 0 saturated heterocycles. The predicted molar refractivity (Wildman–Crippen MR) is 209 cm³/mol. The SMILES string of the molecule is C=C/C=C(\SC)C(O)(C(=O)OC(C/C=C/N(C)CC(=O)Nc1ccc(CNCC(O)c2ccc(O)c3[nH]c(=O)sc23)cc1)C1CCC1)c1cccs1. The first-order chi connectivity index (χ1) is 25.0. The molecule has 0 radical (unpaired) electrons. The maximum absolute atomic E-state index is 13.6. The van der Waals surface area contributed by atoms with Crippen LogP contribution in [0.2, 0.25) is 0 Å². The normalized spacial score (nSPS) is 15.9. The summed E-state index contributed by atoms with van der Waals surface area (Å²) in [4.78, 5) is 43.2. The van der Waals surface area contributed by atoms with Gasteiger partial charge in [0.25, 0.3) is 0 Å². The highest BCUT2D eigenvalue weighted by atomic mass is 32.2. The van der Waals surface area contributed by atoms with Crippen LogP contribution in [-0.4, -0.2) is 69.6 Å². The van der Waals surface area contributed by atoms with Gasteiger partial charge in [-0.15, -0.1) is 23.1 Å². The topological polar surface area (TPSA) is 164 Å².